The number of hydrogen-bond donors (Lipinski definition) is 1. The van der Waals surface area contributed by atoms with Crippen molar-refractivity contribution in [2.24, 2.45) is 0 Å². The number of alkyl halides is 2. The number of pyridine rings is 1. The highest BCUT2D eigenvalue weighted by Gasteiger charge is 2.28. The molecule has 0 saturated carbocycles. The van der Waals surface area contributed by atoms with Crippen molar-refractivity contribution in [1.29, 1.82) is 0 Å². The van der Waals surface area contributed by atoms with Gasteiger partial charge in [-0.25, -0.2) is 8.78 Å². The Kier molecular flexibility index (Phi) is 4.42. The second kappa shape index (κ2) is 6.06. The van der Waals surface area contributed by atoms with Gasteiger partial charge in [-0.15, -0.1) is 0 Å². The van der Waals surface area contributed by atoms with E-state index in [0.717, 1.165) is 6.42 Å². The molecule has 2 atom stereocenters. The van der Waals surface area contributed by atoms with Gasteiger partial charge in [-0.1, -0.05) is 0 Å². The quantitative estimate of drug-likeness (QED) is 0.914. The third-order valence-corrected chi connectivity index (χ3v) is 2.97. The van der Waals surface area contributed by atoms with Crippen molar-refractivity contribution in [1.82, 2.24) is 4.98 Å². The summed E-state index contributed by atoms with van der Waals surface area (Å²) in [5.74, 6) is -0.237. The minimum Gasteiger partial charge on any atom is -0.365 e. The third-order valence-electron chi connectivity index (χ3n) is 2.97. The summed E-state index contributed by atoms with van der Waals surface area (Å²) in [6.45, 7) is 1.92. The summed E-state index contributed by atoms with van der Waals surface area (Å²) in [5.41, 5.74) is 0.729. The summed E-state index contributed by atoms with van der Waals surface area (Å²) in [5, 5.41) is 2.67. The number of halogens is 2. The molecule has 0 radical (unpaired) electrons. The molecule has 1 aliphatic rings. The highest BCUT2D eigenvalue weighted by Crippen LogP contribution is 2.20. The van der Waals surface area contributed by atoms with Crippen molar-refractivity contribution < 1.29 is 18.3 Å². The van der Waals surface area contributed by atoms with Crippen LogP contribution in [0.3, 0.4) is 0 Å². The summed E-state index contributed by atoms with van der Waals surface area (Å²) in [4.78, 5) is 15.7. The Balaban J connectivity index is 1.96. The van der Waals surface area contributed by atoms with E-state index in [2.05, 4.69) is 10.3 Å². The zero-order valence-electron chi connectivity index (χ0n) is 10.6. The van der Waals surface area contributed by atoms with E-state index in [0.29, 0.717) is 12.1 Å². The van der Waals surface area contributed by atoms with E-state index in [1.165, 1.54) is 12.3 Å². The normalized spacial score (nSPS) is 22.7. The van der Waals surface area contributed by atoms with Gasteiger partial charge < -0.3 is 10.1 Å². The molecule has 2 heterocycles. The smallest absolute Gasteiger partial charge is 0.253 e. The van der Waals surface area contributed by atoms with Gasteiger partial charge in [0.15, 0.2) is 0 Å². The summed E-state index contributed by atoms with van der Waals surface area (Å²) in [6, 6.07) is 3.04. The zero-order valence-corrected chi connectivity index (χ0v) is 10.6. The van der Waals surface area contributed by atoms with Crippen LogP contribution < -0.4 is 5.32 Å². The van der Waals surface area contributed by atoms with Gasteiger partial charge in [-0.05, 0) is 31.9 Å². The molecule has 0 spiro atoms. The average Bonchev–Trinajstić information content (AvgIpc) is 2.75. The van der Waals surface area contributed by atoms with Crippen LogP contribution in [0.25, 0.3) is 0 Å². The summed E-state index contributed by atoms with van der Waals surface area (Å²) < 4.78 is 30.0. The zero-order chi connectivity index (χ0) is 13.8. The maximum absolute atomic E-state index is 12.3. The van der Waals surface area contributed by atoms with Crippen LogP contribution in [0.1, 0.15) is 25.5 Å². The molecule has 0 aliphatic carbocycles. The van der Waals surface area contributed by atoms with Gasteiger partial charge >= 0.3 is 0 Å². The lowest BCUT2D eigenvalue weighted by molar-refractivity contribution is -0.126. The summed E-state index contributed by atoms with van der Waals surface area (Å²) in [6.07, 6.45) is -0.291. The van der Waals surface area contributed by atoms with E-state index in [4.69, 9.17) is 4.74 Å². The van der Waals surface area contributed by atoms with E-state index in [1.54, 1.807) is 6.07 Å². The molecular weight excluding hydrogens is 254 g/mol. The first-order chi connectivity index (χ1) is 9.04. The standard InChI is InChI=1S/C13H16F2N2O2/c1-8-2-3-11(19-8)13(18)17-9-4-5-16-10(6-9)7-12(14)15/h4-6,8,11-12H,2-3,7H2,1H3,(H,16,17,18). The second-order valence-electron chi connectivity index (χ2n) is 4.63. The largest absolute Gasteiger partial charge is 0.365 e. The second-order valence-corrected chi connectivity index (χ2v) is 4.63. The van der Waals surface area contributed by atoms with Crippen LogP contribution in [-0.2, 0) is 16.0 Å². The fourth-order valence-electron chi connectivity index (χ4n) is 2.04. The average molecular weight is 270 g/mol. The topological polar surface area (TPSA) is 51.2 Å². The van der Waals surface area contributed by atoms with Crippen LogP contribution in [0.2, 0.25) is 0 Å². The van der Waals surface area contributed by atoms with Gasteiger partial charge in [0.25, 0.3) is 5.91 Å². The van der Waals surface area contributed by atoms with Crippen molar-refractivity contribution in [3.05, 3.63) is 24.0 Å². The number of anilines is 1. The number of aromatic nitrogens is 1. The van der Waals surface area contributed by atoms with E-state index in [-0.39, 0.29) is 17.7 Å². The number of nitrogens with zero attached hydrogens (tertiary/aromatic N) is 1. The molecule has 4 nitrogen and oxygen atoms in total. The number of amides is 1. The molecule has 1 aromatic heterocycles. The Morgan fingerprint density at radius 2 is 2.37 bits per heavy atom. The Morgan fingerprint density at radius 3 is 3.00 bits per heavy atom. The molecule has 1 aromatic rings. The highest BCUT2D eigenvalue weighted by molar-refractivity contribution is 5.94. The molecule has 104 valence electrons. The molecule has 2 rings (SSSR count). The molecule has 1 fully saturated rings. The SMILES string of the molecule is CC1CCC(C(=O)Nc2ccnc(CC(F)F)c2)O1. The molecular formula is C13H16F2N2O2. The van der Waals surface area contributed by atoms with Gasteiger partial charge in [-0.3, -0.25) is 9.78 Å². The lowest BCUT2D eigenvalue weighted by Gasteiger charge is -2.12. The first kappa shape index (κ1) is 13.9. The molecule has 2 unspecified atom stereocenters. The van der Waals surface area contributed by atoms with Crippen LogP contribution >= 0.6 is 0 Å². The van der Waals surface area contributed by atoms with Gasteiger partial charge in [0, 0.05) is 17.6 Å². The first-order valence-corrected chi connectivity index (χ1v) is 6.24. The number of carbonyl (C=O) groups excluding carboxylic acids is 1. The van der Waals surface area contributed by atoms with Gasteiger partial charge in [0.05, 0.1) is 12.5 Å². The van der Waals surface area contributed by atoms with Crippen molar-refractivity contribution in [2.45, 2.75) is 44.8 Å². The molecule has 0 aromatic carbocycles. The van der Waals surface area contributed by atoms with E-state index < -0.39 is 19.0 Å². The number of hydrogen-bond acceptors (Lipinski definition) is 3. The molecule has 6 heteroatoms. The van der Waals surface area contributed by atoms with Gasteiger partial charge in [-0.2, -0.15) is 0 Å². The monoisotopic (exact) mass is 270 g/mol. The molecule has 1 saturated heterocycles. The van der Waals surface area contributed by atoms with Crippen molar-refractivity contribution in [2.75, 3.05) is 5.32 Å². The summed E-state index contributed by atoms with van der Waals surface area (Å²) in [7, 11) is 0. The molecule has 19 heavy (non-hydrogen) atoms. The molecule has 0 bridgehead atoms. The van der Waals surface area contributed by atoms with Crippen molar-refractivity contribution in [3.63, 3.8) is 0 Å². The Hall–Kier alpha value is -1.56. The minimum atomic E-state index is -2.45. The summed E-state index contributed by atoms with van der Waals surface area (Å²) >= 11 is 0. The fraction of sp³-hybridized carbons (Fsp3) is 0.538. The van der Waals surface area contributed by atoms with Crippen LogP contribution in [0.15, 0.2) is 18.3 Å². The number of rotatable bonds is 4. The van der Waals surface area contributed by atoms with Crippen LogP contribution in [0, 0.1) is 0 Å². The number of ether oxygens (including phenoxy) is 1. The predicted octanol–water partition coefficient (Wildman–Crippen LogP) is 2.40. The van der Waals surface area contributed by atoms with Crippen molar-refractivity contribution in [3.8, 4) is 0 Å². The minimum absolute atomic E-state index is 0.0857. The van der Waals surface area contributed by atoms with Crippen molar-refractivity contribution >= 4 is 11.6 Å². The Morgan fingerprint density at radius 1 is 1.58 bits per heavy atom. The van der Waals surface area contributed by atoms with Crippen LogP contribution in [0.4, 0.5) is 14.5 Å². The maximum atomic E-state index is 12.3. The van der Waals surface area contributed by atoms with E-state index in [9.17, 15) is 13.6 Å². The predicted molar refractivity (Wildman–Crippen MR) is 66.1 cm³/mol. The van der Waals surface area contributed by atoms with E-state index in [1.807, 2.05) is 6.92 Å². The number of nitrogens with one attached hydrogen (secondary N) is 1. The fourth-order valence-corrected chi connectivity index (χ4v) is 2.04. The lowest BCUT2D eigenvalue weighted by Crippen LogP contribution is -2.27. The maximum Gasteiger partial charge on any atom is 0.253 e. The van der Waals surface area contributed by atoms with Crippen LogP contribution in [0.5, 0.6) is 0 Å². The number of carbonyl (C=O) groups is 1. The Bertz CT molecular complexity index is 454. The molecule has 1 aliphatic heterocycles. The highest BCUT2D eigenvalue weighted by atomic mass is 19.3. The molecule has 1 N–H and O–H groups in total. The molecule has 1 amide bonds. The first-order valence-electron chi connectivity index (χ1n) is 6.24. The Labute approximate surface area is 110 Å². The van der Waals surface area contributed by atoms with Crippen LogP contribution in [-0.4, -0.2) is 29.5 Å². The van der Waals surface area contributed by atoms with Gasteiger partial charge in [0.2, 0.25) is 6.43 Å². The van der Waals surface area contributed by atoms with Gasteiger partial charge in [0.1, 0.15) is 6.10 Å². The van der Waals surface area contributed by atoms with E-state index >= 15 is 0 Å². The lowest BCUT2D eigenvalue weighted by atomic mass is 10.2. The third kappa shape index (κ3) is 3.96.